The molecule has 0 amide bonds. The number of aromatic nitrogens is 4. The van der Waals surface area contributed by atoms with Crippen molar-refractivity contribution in [3.63, 3.8) is 0 Å². The van der Waals surface area contributed by atoms with Gasteiger partial charge in [-0.3, -0.25) is 4.98 Å². The molecule has 206 valence electrons. The molecule has 8 nitrogen and oxygen atoms in total. The highest BCUT2D eigenvalue weighted by molar-refractivity contribution is 7.91. The fourth-order valence-corrected chi connectivity index (χ4v) is 7.74. The minimum Gasteiger partial charge on any atom is -0.396 e. The number of halogens is 2. The molecule has 0 spiro atoms. The number of fused-ring (bicyclic) bond motifs is 1. The average Bonchev–Trinajstić information content (AvgIpc) is 3.25. The van der Waals surface area contributed by atoms with Crippen molar-refractivity contribution in [3.8, 4) is 11.3 Å². The van der Waals surface area contributed by atoms with Crippen LogP contribution in [0.1, 0.15) is 48.2 Å². The number of nitrogens with two attached hydrogens (primary N) is 1. The number of pyridine rings is 1. The van der Waals surface area contributed by atoms with Gasteiger partial charge >= 0.3 is 0 Å². The van der Waals surface area contributed by atoms with Gasteiger partial charge in [0, 0.05) is 37.7 Å². The van der Waals surface area contributed by atoms with Gasteiger partial charge in [-0.1, -0.05) is 6.92 Å². The first kappa shape index (κ1) is 27.3. The molecule has 1 aliphatic carbocycles. The largest absolute Gasteiger partial charge is 0.396 e. The number of aliphatic hydroxyl groups is 1. The van der Waals surface area contributed by atoms with Gasteiger partial charge < -0.3 is 10.8 Å². The summed E-state index contributed by atoms with van der Waals surface area (Å²) in [5, 5.41) is 13.1. The highest BCUT2D eigenvalue weighted by atomic mass is 32.2. The molecule has 4 aromatic rings. The molecule has 39 heavy (non-hydrogen) atoms. The van der Waals surface area contributed by atoms with E-state index in [9.17, 15) is 17.2 Å². The third-order valence-electron chi connectivity index (χ3n) is 7.63. The van der Waals surface area contributed by atoms with Crippen molar-refractivity contribution in [2.45, 2.75) is 49.8 Å². The highest BCUT2D eigenvalue weighted by Crippen LogP contribution is 2.39. The molecule has 0 saturated heterocycles. The van der Waals surface area contributed by atoms with Gasteiger partial charge in [0.05, 0.1) is 28.2 Å². The molecule has 0 radical (unpaired) electrons. The predicted octanol–water partition coefficient (Wildman–Crippen LogP) is 3.45. The molecule has 1 aromatic carbocycles. The van der Waals surface area contributed by atoms with Gasteiger partial charge in [-0.2, -0.15) is 5.10 Å². The van der Waals surface area contributed by atoms with E-state index in [1.165, 1.54) is 18.4 Å². The molecule has 3 N–H and O–H groups in total. The first-order valence-electron chi connectivity index (χ1n) is 12.9. The van der Waals surface area contributed by atoms with E-state index in [2.05, 4.69) is 15.1 Å². The summed E-state index contributed by atoms with van der Waals surface area (Å²) < 4.78 is 55.9. The molecule has 5 rings (SSSR count). The second-order valence-electron chi connectivity index (χ2n) is 10.5. The standard InChI is InChI=1S/C28H31F2N5O3S/c1-16-9-18(12-24(31)28(16)39(2,37)38)21-5-7-32-14-19(21)13-26-33-15-20-3-4-25(34-35(20)26)27-22(29)10-17(6-8-36)11-23(27)30/h3-5,7,10-11,14-16,18,24,28,36H,6,8-9,12-13,31H2,1-2H3/t16-,18+,24+,28-/m0/s1. The van der Waals surface area contributed by atoms with E-state index < -0.39 is 32.8 Å². The first-order valence-corrected chi connectivity index (χ1v) is 14.8. The van der Waals surface area contributed by atoms with Gasteiger partial charge in [0.2, 0.25) is 0 Å². The van der Waals surface area contributed by atoms with Crippen LogP contribution in [0.3, 0.4) is 0 Å². The van der Waals surface area contributed by atoms with Crippen LogP contribution >= 0.6 is 0 Å². The molecular weight excluding hydrogens is 524 g/mol. The fourth-order valence-electron chi connectivity index (χ4n) is 6.04. The Morgan fingerprint density at radius 3 is 2.54 bits per heavy atom. The number of benzene rings is 1. The van der Waals surface area contributed by atoms with Gasteiger partial charge in [-0.05, 0) is 78.1 Å². The SMILES string of the molecule is C[C@H]1C[C@@H](c2ccncc2Cc2ncc3ccc(-c4c(F)cc(CCO)cc4F)nn23)C[C@@H](N)[C@H]1S(C)(=O)=O. The number of imidazole rings is 1. The lowest BCUT2D eigenvalue weighted by Gasteiger charge is -2.38. The van der Waals surface area contributed by atoms with Crippen molar-refractivity contribution in [1.29, 1.82) is 0 Å². The third kappa shape index (κ3) is 5.43. The maximum Gasteiger partial charge on any atom is 0.152 e. The lowest BCUT2D eigenvalue weighted by Crippen LogP contribution is -2.48. The second kappa shape index (κ2) is 10.7. The van der Waals surface area contributed by atoms with Crippen molar-refractivity contribution >= 4 is 15.4 Å². The summed E-state index contributed by atoms with van der Waals surface area (Å²) >= 11 is 0. The zero-order chi connectivity index (χ0) is 27.9. The molecule has 0 bridgehead atoms. The maximum atomic E-state index is 14.9. The number of nitrogens with zero attached hydrogens (tertiary/aromatic N) is 4. The van der Waals surface area contributed by atoms with E-state index in [0.29, 0.717) is 36.2 Å². The average molecular weight is 556 g/mol. The topological polar surface area (TPSA) is 123 Å². The van der Waals surface area contributed by atoms with Crippen LogP contribution in [0.15, 0.2) is 48.9 Å². The summed E-state index contributed by atoms with van der Waals surface area (Å²) in [7, 11) is -3.27. The highest BCUT2D eigenvalue weighted by Gasteiger charge is 2.40. The van der Waals surface area contributed by atoms with Gasteiger partial charge in [0.1, 0.15) is 17.5 Å². The molecule has 3 heterocycles. The number of aliphatic hydroxyl groups excluding tert-OH is 1. The molecule has 0 unspecified atom stereocenters. The molecule has 3 aromatic heterocycles. The Kier molecular flexibility index (Phi) is 7.49. The minimum absolute atomic E-state index is 0.0568. The Balaban J connectivity index is 1.47. The van der Waals surface area contributed by atoms with E-state index >= 15 is 0 Å². The summed E-state index contributed by atoms with van der Waals surface area (Å²) in [5.74, 6) is -0.976. The van der Waals surface area contributed by atoms with E-state index in [4.69, 9.17) is 10.8 Å². The van der Waals surface area contributed by atoms with Crippen LogP contribution in [0.4, 0.5) is 8.78 Å². The van der Waals surface area contributed by atoms with Crippen LogP contribution in [0.25, 0.3) is 16.8 Å². The molecule has 0 aliphatic heterocycles. The fraction of sp³-hybridized carbons (Fsp3) is 0.393. The Hall–Kier alpha value is -3.28. The second-order valence-corrected chi connectivity index (χ2v) is 12.7. The van der Waals surface area contributed by atoms with Crippen LogP contribution in [-0.2, 0) is 22.7 Å². The minimum atomic E-state index is -3.27. The van der Waals surface area contributed by atoms with Gasteiger partial charge in [0.25, 0.3) is 0 Å². The Labute approximate surface area is 225 Å². The summed E-state index contributed by atoms with van der Waals surface area (Å²) in [5.41, 5.74) is 9.22. The van der Waals surface area contributed by atoms with Crippen LogP contribution in [0.5, 0.6) is 0 Å². The smallest absolute Gasteiger partial charge is 0.152 e. The lowest BCUT2D eigenvalue weighted by atomic mass is 9.75. The van der Waals surface area contributed by atoms with Crippen molar-refractivity contribution < 1.29 is 22.3 Å². The number of hydrogen-bond donors (Lipinski definition) is 2. The predicted molar refractivity (Wildman–Crippen MR) is 144 cm³/mol. The van der Waals surface area contributed by atoms with Crippen LogP contribution in [0, 0.1) is 17.6 Å². The molecule has 1 fully saturated rings. The van der Waals surface area contributed by atoms with Crippen molar-refractivity contribution in [2.24, 2.45) is 11.7 Å². The monoisotopic (exact) mass is 555 g/mol. The van der Waals surface area contributed by atoms with Crippen LogP contribution in [-0.4, -0.2) is 57.3 Å². The molecule has 11 heteroatoms. The third-order valence-corrected chi connectivity index (χ3v) is 9.44. The first-order chi connectivity index (χ1) is 18.6. The summed E-state index contributed by atoms with van der Waals surface area (Å²) in [6.07, 6.45) is 8.10. The Morgan fingerprint density at radius 1 is 1.13 bits per heavy atom. The Morgan fingerprint density at radius 2 is 1.87 bits per heavy atom. The van der Waals surface area contributed by atoms with Crippen molar-refractivity contribution in [3.05, 3.63) is 83.1 Å². The quantitative estimate of drug-likeness (QED) is 0.358. The zero-order valence-electron chi connectivity index (χ0n) is 21.8. The van der Waals surface area contributed by atoms with Crippen molar-refractivity contribution in [2.75, 3.05) is 12.9 Å². The number of sulfone groups is 1. The molecule has 1 saturated carbocycles. The number of rotatable bonds is 7. The van der Waals surface area contributed by atoms with Gasteiger partial charge in [-0.15, -0.1) is 0 Å². The van der Waals surface area contributed by atoms with Crippen molar-refractivity contribution in [1.82, 2.24) is 19.6 Å². The normalized spacial score (nSPS) is 21.9. The van der Waals surface area contributed by atoms with Crippen LogP contribution in [0.2, 0.25) is 0 Å². The lowest BCUT2D eigenvalue weighted by molar-refractivity contribution is 0.299. The van der Waals surface area contributed by atoms with E-state index in [0.717, 1.165) is 11.1 Å². The zero-order valence-corrected chi connectivity index (χ0v) is 22.6. The van der Waals surface area contributed by atoms with Gasteiger partial charge in [0.15, 0.2) is 9.84 Å². The summed E-state index contributed by atoms with van der Waals surface area (Å²) in [4.78, 5) is 8.83. The van der Waals surface area contributed by atoms with E-state index in [-0.39, 0.29) is 36.1 Å². The van der Waals surface area contributed by atoms with Gasteiger partial charge in [-0.25, -0.2) is 26.7 Å². The van der Waals surface area contributed by atoms with Crippen LogP contribution < -0.4 is 5.73 Å². The maximum absolute atomic E-state index is 14.9. The molecule has 1 aliphatic rings. The Bertz CT molecular complexity index is 1590. The summed E-state index contributed by atoms with van der Waals surface area (Å²) in [6, 6.07) is 7.14. The number of hydrogen-bond acceptors (Lipinski definition) is 7. The molecular formula is C28H31F2N5O3S. The van der Waals surface area contributed by atoms with E-state index in [1.807, 2.05) is 13.0 Å². The van der Waals surface area contributed by atoms with E-state index in [1.54, 1.807) is 35.2 Å². The molecule has 4 atom stereocenters. The summed E-state index contributed by atoms with van der Waals surface area (Å²) in [6.45, 7) is 1.72.